The van der Waals surface area contributed by atoms with Crippen molar-refractivity contribution in [2.45, 2.75) is 26.8 Å². The minimum atomic E-state index is -0.911. The molecule has 0 aromatic heterocycles. The molecule has 192 valence electrons. The van der Waals surface area contributed by atoms with Gasteiger partial charge in [0.1, 0.15) is 23.0 Å². The molecule has 0 aliphatic carbocycles. The molecule has 1 aliphatic heterocycles. The molecule has 0 radical (unpaired) electrons. The van der Waals surface area contributed by atoms with Gasteiger partial charge >= 0.3 is 0 Å². The number of benzene rings is 3. The fourth-order valence-corrected chi connectivity index (χ4v) is 4.48. The molecular formula is C29H28ClNO6. The first kappa shape index (κ1) is 26.1. The average molecular weight is 522 g/mol. The molecule has 0 bridgehead atoms. The normalized spacial score (nSPS) is 16.7. The van der Waals surface area contributed by atoms with Crippen LogP contribution in [0.3, 0.4) is 0 Å². The summed E-state index contributed by atoms with van der Waals surface area (Å²) in [6, 6.07) is 16.2. The summed E-state index contributed by atoms with van der Waals surface area (Å²) < 4.78 is 16.6. The number of ketones is 1. The van der Waals surface area contributed by atoms with Gasteiger partial charge in [-0.1, -0.05) is 29.8 Å². The van der Waals surface area contributed by atoms with Crippen molar-refractivity contribution < 1.29 is 28.9 Å². The quantitative estimate of drug-likeness (QED) is 0.220. The van der Waals surface area contributed by atoms with Crippen LogP contribution in [-0.2, 0) is 9.59 Å². The number of nitrogens with zero attached hydrogens (tertiary/aromatic N) is 1. The van der Waals surface area contributed by atoms with Crippen molar-refractivity contribution in [2.75, 3.05) is 25.2 Å². The number of methoxy groups -OCH3 is 1. The number of carbonyl (C=O) groups is 2. The molecule has 7 nitrogen and oxygen atoms in total. The minimum absolute atomic E-state index is 0.0584. The Hall–Kier alpha value is -3.97. The molecule has 1 aliphatic rings. The van der Waals surface area contributed by atoms with Crippen LogP contribution in [0.15, 0.2) is 66.2 Å². The van der Waals surface area contributed by atoms with Gasteiger partial charge in [0.15, 0.2) is 0 Å². The number of ether oxygens (including phenoxy) is 3. The first-order valence-electron chi connectivity index (χ1n) is 11.9. The second-order valence-electron chi connectivity index (χ2n) is 8.40. The highest BCUT2D eigenvalue weighted by atomic mass is 35.5. The summed E-state index contributed by atoms with van der Waals surface area (Å²) in [5, 5.41) is 12.0. The predicted molar refractivity (Wildman–Crippen MR) is 143 cm³/mol. The number of halogens is 1. The molecule has 4 rings (SSSR count). The molecule has 8 heteroatoms. The highest BCUT2D eigenvalue weighted by molar-refractivity contribution is 6.52. The zero-order valence-corrected chi connectivity index (χ0v) is 21.8. The van der Waals surface area contributed by atoms with E-state index in [1.165, 1.54) is 4.90 Å². The lowest BCUT2D eigenvalue weighted by atomic mass is 9.94. The average Bonchev–Trinajstić information content (AvgIpc) is 3.16. The van der Waals surface area contributed by atoms with Crippen LogP contribution in [0.2, 0.25) is 5.02 Å². The van der Waals surface area contributed by atoms with E-state index in [2.05, 4.69) is 0 Å². The van der Waals surface area contributed by atoms with Crippen molar-refractivity contribution in [1.29, 1.82) is 0 Å². The van der Waals surface area contributed by atoms with Gasteiger partial charge in [0.2, 0.25) is 0 Å². The van der Waals surface area contributed by atoms with Gasteiger partial charge in [0, 0.05) is 16.8 Å². The minimum Gasteiger partial charge on any atom is -0.507 e. The van der Waals surface area contributed by atoms with E-state index in [4.69, 9.17) is 25.8 Å². The number of aryl methyl sites for hydroxylation is 1. The number of carbonyl (C=O) groups excluding carboxylic acids is 2. The lowest BCUT2D eigenvalue weighted by Gasteiger charge is -2.26. The molecule has 1 unspecified atom stereocenters. The number of anilines is 1. The standard InChI is InChI=1S/C29H28ClNO6/c1-5-36-21-13-14-22(24(16-21)37-6-2)27(32)25-26(18-8-11-20(35-4)12-9-18)31(29(34)28(25)33)19-10-7-17(3)23(30)15-19/h7-16,26,32H,5-6H2,1-4H3/b27-25-. The van der Waals surface area contributed by atoms with E-state index < -0.39 is 17.7 Å². The number of hydrogen-bond donors (Lipinski definition) is 1. The summed E-state index contributed by atoms with van der Waals surface area (Å²) in [6.07, 6.45) is 0. The Balaban J connectivity index is 1.94. The van der Waals surface area contributed by atoms with Gasteiger partial charge in [-0.3, -0.25) is 14.5 Å². The third-order valence-electron chi connectivity index (χ3n) is 6.13. The number of rotatable bonds is 8. The molecule has 3 aromatic carbocycles. The Morgan fingerprint density at radius 3 is 2.24 bits per heavy atom. The molecule has 1 atom stereocenters. The van der Waals surface area contributed by atoms with Crippen molar-refractivity contribution >= 4 is 34.7 Å². The Morgan fingerprint density at radius 2 is 1.62 bits per heavy atom. The van der Waals surface area contributed by atoms with Crippen molar-refractivity contribution in [3.63, 3.8) is 0 Å². The smallest absolute Gasteiger partial charge is 0.300 e. The Labute approximate surface area is 220 Å². The summed E-state index contributed by atoms with van der Waals surface area (Å²) in [6.45, 7) is 6.31. The number of aliphatic hydroxyl groups excluding tert-OH is 1. The zero-order chi connectivity index (χ0) is 26.7. The Kier molecular flexibility index (Phi) is 7.74. The van der Waals surface area contributed by atoms with Crippen molar-refractivity contribution in [3.8, 4) is 17.2 Å². The van der Waals surface area contributed by atoms with Crippen molar-refractivity contribution in [1.82, 2.24) is 0 Å². The van der Waals surface area contributed by atoms with Crippen LogP contribution in [0.5, 0.6) is 17.2 Å². The third kappa shape index (κ3) is 5.00. The van der Waals surface area contributed by atoms with Crippen molar-refractivity contribution in [2.24, 2.45) is 0 Å². The summed E-state index contributed by atoms with van der Waals surface area (Å²) in [7, 11) is 1.55. The van der Waals surface area contributed by atoms with E-state index >= 15 is 0 Å². The topological polar surface area (TPSA) is 85.3 Å². The van der Waals surface area contributed by atoms with E-state index in [0.717, 1.165) is 5.56 Å². The van der Waals surface area contributed by atoms with Crippen LogP contribution < -0.4 is 19.1 Å². The van der Waals surface area contributed by atoms with Gasteiger partial charge in [-0.05, 0) is 68.3 Å². The molecular weight excluding hydrogens is 494 g/mol. The first-order chi connectivity index (χ1) is 17.8. The highest BCUT2D eigenvalue weighted by Crippen LogP contribution is 2.44. The molecule has 3 aromatic rings. The fourth-order valence-electron chi connectivity index (χ4n) is 4.31. The van der Waals surface area contributed by atoms with E-state index in [-0.39, 0.29) is 16.9 Å². The summed E-state index contributed by atoms with van der Waals surface area (Å²) >= 11 is 6.37. The maximum Gasteiger partial charge on any atom is 0.300 e. The molecule has 1 amide bonds. The Bertz CT molecular complexity index is 1370. The van der Waals surface area contributed by atoms with Crippen LogP contribution in [0.25, 0.3) is 5.76 Å². The molecule has 37 heavy (non-hydrogen) atoms. The van der Waals surface area contributed by atoms with Gasteiger partial charge in [-0.15, -0.1) is 0 Å². The van der Waals surface area contributed by atoms with Crippen molar-refractivity contribution in [3.05, 3.63) is 87.9 Å². The number of hydrogen-bond acceptors (Lipinski definition) is 6. The first-order valence-corrected chi connectivity index (χ1v) is 12.3. The van der Waals surface area contributed by atoms with Crippen LogP contribution in [0.1, 0.15) is 36.6 Å². The maximum atomic E-state index is 13.5. The predicted octanol–water partition coefficient (Wildman–Crippen LogP) is 6.08. The Morgan fingerprint density at radius 1 is 0.946 bits per heavy atom. The largest absolute Gasteiger partial charge is 0.507 e. The molecule has 0 spiro atoms. The fraction of sp³-hybridized carbons (Fsp3) is 0.241. The molecule has 1 N–H and O–H groups in total. The number of amides is 1. The van der Waals surface area contributed by atoms with E-state index in [1.54, 1.807) is 67.8 Å². The molecule has 1 heterocycles. The lowest BCUT2D eigenvalue weighted by molar-refractivity contribution is -0.132. The van der Waals surface area contributed by atoms with Crippen LogP contribution in [0, 0.1) is 6.92 Å². The van der Waals surface area contributed by atoms with E-state index in [9.17, 15) is 14.7 Å². The van der Waals surface area contributed by atoms with Gasteiger partial charge in [0.05, 0.1) is 37.5 Å². The number of Topliss-reactive ketones (excluding diaryl/α,β-unsaturated/α-hetero) is 1. The van der Waals surface area contributed by atoms with Gasteiger partial charge in [-0.2, -0.15) is 0 Å². The third-order valence-corrected chi connectivity index (χ3v) is 6.54. The van der Waals surface area contributed by atoms with Crippen LogP contribution >= 0.6 is 11.6 Å². The summed E-state index contributed by atoms with van der Waals surface area (Å²) in [5.41, 5.74) is 2.11. The van der Waals surface area contributed by atoms with E-state index in [1.807, 2.05) is 20.8 Å². The van der Waals surface area contributed by atoms with Crippen LogP contribution in [0.4, 0.5) is 5.69 Å². The maximum absolute atomic E-state index is 13.5. The molecule has 0 saturated carbocycles. The second kappa shape index (κ2) is 11.0. The molecule has 1 saturated heterocycles. The molecule has 1 fully saturated rings. The monoisotopic (exact) mass is 521 g/mol. The van der Waals surface area contributed by atoms with Gasteiger partial charge in [-0.25, -0.2) is 0 Å². The second-order valence-corrected chi connectivity index (χ2v) is 8.81. The summed E-state index contributed by atoms with van der Waals surface area (Å²) in [5.74, 6) is -0.416. The lowest BCUT2D eigenvalue weighted by Crippen LogP contribution is -2.29. The number of aliphatic hydroxyl groups is 1. The van der Waals surface area contributed by atoms with Gasteiger partial charge < -0.3 is 19.3 Å². The zero-order valence-electron chi connectivity index (χ0n) is 21.1. The van der Waals surface area contributed by atoms with Gasteiger partial charge in [0.25, 0.3) is 11.7 Å². The highest BCUT2D eigenvalue weighted by Gasteiger charge is 2.47. The van der Waals surface area contributed by atoms with E-state index in [0.29, 0.717) is 46.7 Å². The SMILES string of the molecule is CCOc1ccc(/C(O)=C2/C(=O)C(=O)N(c3ccc(C)c(Cl)c3)C2c2ccc(OC)cc2)c(OCC)c1. The summed E-state index contributed by atoms with van der Waals surface area (Å²) in [4.78, 5) is 28.2. The van der Waals surface area contributed by atoms with Crippen LogP contribution in [-0.4, -0.2) is 37.1 Å².